The van der Waals surface area contributed by atoms with Crippen molar-refractivity contribution in [1.29, 1.82) is 0 Å². The number of hydrogen-bond donors (Lipinski definition) is 2. The van der Waals surface area contributed by atoms with Gasteiger partial charge in [-0.15, -0.1) is 0 Å². The molecule has 0 fully saturated rings. The molecule has 1 unspecified atom stereocenters. The van der Waals surface area contributed by atoms with E-state index in [-0.39, 0.29) is 12.6 Å². The molecular formula is C16H17NO3. The SMILES string of the molecule is COc1ccc(C(NCC(=O)O)c2ccccc2)cc1. The summed E-state index contributed by atoms with van der Waals surface area (Å²) in [5, 5.41) is 11.9. The van der Waals surface area contributed by atoms with E-state index in [1.54, 1.807) is 7.11 Å². The average molecular weight is 271 g/mol. The molecule has 0 spiro atoms. The first-order valence-electron chi connectivity index (χ1n) is 6.35. The fraction of sp³-hybridized carbons (Fsp3) is 0.188. The Bertz CT molecular complexity index is 552. The standard InChI is InChI=1S/C16H17NO3/c1-20-14-9-7-13(8-10-14)16(17-11-15(18)19)12-5-3-2-4-6-12/h2-10,16-17H,11H2,1H3,(H,18,19). The number of rotatable bonds is 6. The fourth-order valence-electron chi connectivity index (χ4n) is 2.06. The summed E-state index contributed by atoms with van der Waals surface area (Å²) in [6.45, 7) is -0.0917. The fourth-order valence-corrected chi connectivity index (χ4v) is 2.06. The third-order valence-electron chi connectivity index (χ3n) is 3.04. The predicted octanol–water partition coefficient (Wildman–Crippen LogP) is 2.46. The minimum Gasteiger partial charge on any atom is -0.497 e. The highest BCUT2D eigenvalue weighted by Crippen LogP contribution is 2.23. The van der Waals surface area contributed by atoms with E-state index in [1.807, 2.05) is 54.6 Å². The molecule has 0 aliphatic rings. The second kappa shape index (κ2) is 6.73. The van der Waals surface area contributed by atoms with Crippen molar-refractivity contribution < 1.29 is 14.6 Å². The van der Waals surface area contributed by atoms with Gasteiger partial charge in [0, 0.05) is 0 Å². The molecule has 0 bridgehead atoms. The third kappa shape index (κ3) is 3.59. The topological polar surface area (TPSA) is 58.6 Å². The van der Waals surface area contributed by atoms with Gasteiger partial charge in [-0.2, -0.15) is 0 Å². The van der Waals surface area contributed by atoms with E-state index in [0.29, 0.717) is 0 Å². The molecule has 0 saturated carbocycles. The lowest BCUT2D eigenvalue weighted by Gasteiger charge is -2.19. The lowest BCUT2D eigenvalue weighted by atomic mass is 9.98. The smallest absolute Gasteiger partial charge is 0.317 e. The maximum absolute atomic E-state index is 10.8. The van der Waals surface area contributed by atoms with Crippen molar-refractivity contribution in [3.8, 4) is 5.75 Å². The van der Waals surface area contributed by atoms with Crippen molar-refractivity contribution in [3.63, 3.8) is 0 Å². The van der Waals surface area contributed by atoms with Gasteiger partial charge in [-0.05, 0) is 23.3 Å². The van der Waals surface area contributed by atoms with Crippen molar-refractivity contribution in [2.24, 2.45) is 0 Å². The van der Waals surface area contributed by atoms with Gasteiger partial charge in [0.2, 0.25) is 0 Å². The molecule has 1 atom stereocenters. The number of aliphatic carboxylic acids is 1. The summed E-state index contributed by atoms with van der Waals surface area (Å²) in [7, 11) is 1.62. The summed E-state index contributed by atoms with van der Waals surface area (Å²) in [5.41, 5.74) is 2.03. The zero-order chi connectivity index (χ0) is 14.4. The zero-order valence-corrected chi connectivity index (χ0v) is 11.2. The van der Waals surface area contributed by atoms with E-state index in [2.05, 4.69) is 5.32 Å². The number of carboxylic acids is 1. The number of benzene rings is 2. The van der Waals surface area contributed by atoms with Crippen LogP contribution in [0.2, 0.25) is 0 Å². The Balaban J connectivity index is 2.27. The van der Waals surface area contributed by atoms with Gasteiger partial charge < -0.3 is 9.84 Å². The van der Waals surface area contributed by atoms with Crippen LogP contribution < -0.4 is 10.1 Å². The Hall–Kier alpha value is -2.33. The highest BCUT2D eigenvalue weighted by molar-refractivity contribution is 5.69. The third-order valence-corrected chi connectivity index (χ3v) is 3.04. The van der Waals surface area contributed by atoms with Gasteiger partial charge in [0.1, 0.15) is 5.75 Å². The number of nitrogens with one attached hydrogen (secondary N) is 1. The van der Waals surface area contributed by atoms with E-state index < -0.39 is 5.97 Å². The molecule has 0 radical (unpaired) electrons. The summed E-state index contributed by atoms with van der Waals surface area (Å²) >= 11 is 0. The molecule has 0 heterocycles. The van der Waals surface area contributed by atoms with Crippen molar-refractivity contribution in [2.45, 2.75) is 6.04 Å². The van der Waals surface area contributed by atoms with Gasteiger partial charge in [-0.25, -0.2) is 0 Å². The quantitative estimate of drug-likeness (QED) is 0.847. The Morgan fingerprint density at radius 2 is 1.70 bits per heavy atom. The molecular weight excluding hydrogens is 254 g/mol. The van der Waals surface area contributed by atoms with E-state index in [4.69, 9.17) is 9.84 Å². The summed E-state index contributed by atoms with van der Waals surface area (Å²) in [6, 6.07) is 17.2. The molecule has 0 saturated heterocycles. The minimum absolute atomic E-state index is 0.0917. The Kier molecular flexibility index (Phi) is 4.74. The van der Waals surface area contributed by atoms with Crippen LogP contribution in [0.1, 0.15) is 17.2 Å². The van der Waals surface area contributed by atoms with E-state index in [1.165, 1.54) is 0 Å². The number of ether oxygens (including phenoxy) is 1. The van der Waals surface area contributed by atoms with Crippen molar-refractivity contribution in [2.75, 3.05) is 13.7 Å². The maximum Gasteiger partial charge on any atom is 0.317 e. The van der Waals surface area contributed by atoms with E-state index in [0.717, 1.165) is 16.9 Å². The average Bonchev–Trinajstić information content (AvgIpc) is 2.49. The summed E-state index contributed by atoms with van der Waals surface area (Å²) < 4.78 is 5.14. The number of methoxy groups -OCH3 is 1. The molecule has 2 rings (SSSR count). The largest absolute Gasteiger partial charge is 0.497 e. The molecule has 104 valence electrons. The highest BCUT2D eigenvalue weighted by atomic mass is 16.5. The molecule has 20 heavy (non-hydrogen) atoms. The van der Waals surface area contributed by atoms with Gasteiger partial charge in [-0.3, -0.25) is 10.1 Å². The highest BCUT2D eigenvalue weighted by Gasteiger charge is 2.14. The first-order valence-corrected chi connectivity index (χ1v) is 6.35. The van der Waals surface area contributed by atoms with Gasteiger partial charge >= 0.3 is 5.97 Å². The lowest BCUT2D eigenvalue weighted by Crippen LogP contribution is -2.28. The van der Waals surface area contributed by atoms with Gasteiger partial charge in [0.15, 0.2) is 0 Å². The van der Waals surface area contributed by atoms with E-state index >= 15 is 0 Å². The molecule has 0 aromatic heterocycles. The van der Waals surface area contributed by atoms with Gasteiger partial charge in [0.25, 0.3) is 0 Å². The lowest BCUT2D eigenvalue weighted by molar-refractivity contribution is -0.136. The molecule has 2 aromatic rings. The van der Waals surface area contributed by atoms with Crippen LogP contribution in [0.15, 0.2) is 54.6 Å². The van der Waals surface area contributed by atoms with Crippen LogP contribution in [0.4, 0.5) is 0 Å². The zero-order valence-electron chi connectivity index (χ0n) is 11.2. The molecule has 0 aliphatic carbocycles. The van der Waals surface area contributed by atoms with Crippen molar-refractivity contribution in [3.05, 3.63) is 65.7 Å². The van der Waals surface area contributed by atoms with Crippen LogP contribution in [0.3, 0.4) is 0 Å². The molecule has 0 aliphatic heterocycles. The second-order valence-electron chi connectivity index (χ2n) is 4.39. The van der Waals surface area contributed by atoms with Crippen LogP contribution in [0.25, 0.3) is 0 Å². The molecule has 4 nitrogen and oxygen atoms in total. The summed E-state index contributed by atoms with van der Waals surface area (Å²) in [6.07, 6.45) is 0. The normalized spacial score (nSPS) is 11.8. The van der Waals surface area contributed by atoms with Crippen LogP contribution in [-0.2, 0) is 4.79 Å². The minimum atomic E-state index is -0.876. The summed E-state index contributed by atoms with van der Waals surface area (Å²) in [5.74, 6) is -0.0989. The number of carboxylic acid groups (broad SMARTS) is 1. The van der Waals surface area contributed by atoms with Crippen LogP contribution in [0.5, 0.6) is 5.75 Å². The van der Waals surface area contributed by atoms with Crippen molar-refractivity contribution in [1.82, 2.24) is 5.32 Å². The Morgan fingerprint density at radius 3 is 2.25 bits per heavy atom. The van der Waals surface area contributed by atoms with E-state index in [9.17, 15) is 4.79 Å². The second-order valence-corrected chi connectivity index (χ2v) is 4.39. The Morgan fingerprint density at radius 1 is 1.10 bits per heavy atom. The van der Waals surface area contributed by atoms with Crippen molar-refractivity contribution >= 4 is 5.97 Å². The first-order chi connectivity index (χ1) is 9.70. The van der Waals surface area contributed by atoms with Gasteiger partial charge in [0.05, 0.1) is 19.7 Å². The first kappa shape index (κ1) is 14.1. The monoisotopic (exact) mass is 271 g/mol. The van der Waals surface area contributed by atoms with Crippen LogP contribution in [-0.4, -0.2) is 24.7 Å². The predicted molar refractivity (Wildman–Crippen MR) is 76.9 cm³/mol. The van der Waals surface area contributed by atoms with Crippen LogP contribution >= 0.6 is 0 Å². The number of carbonyl (C=O) groups is 1. The maximum atomic E-state index is 10.8. The molecule has 0 amide bonds. The molecule has 4 heteroatoms. The summed E-state index contributed by atoms with van der Waals surface area (Å²) in [4.78, 5) is 10.8. The van der Waals surface area contributed by atoms with Crippen LogP contribution in [0, 0.1) is 0 Å². The Labute approximate surface area is 118 Å². The van der Waals surface area contributed by atoms with Gasteiger partial charge in [-0.1, -0.05) is 42.5 Å². The number of hydrogen-bond acceptors (Lipinski definition) is 3. The molecule has 2 N–H and O–H groups in total. The molecule has 2 aromatic carbocycles.